The summed E-state index contributed by atoms with van der Waals surface area (Å²) in [7, 11) is 0. The minimum Gasteiger partial charge on any atom is -0.348 e. The topological polar surface area (TPSA) is 42.0 Å². The molecule has 0 spiro atoms. The predicted octanol–water partition coefficient (Wildman–Crippen LogP) is 3.47. The highest BCUT2D eigenvalue weighted by Crippen LogP contribution is 2.14. The van der Waals surface area contributed by atoms with E-state index in [9.17, 15) is 4.79 Å². The fraction of sp³-hybridized carbons (Fsp3) is 0.200. The highest BCUT2D eigenvalue weighted by molar-refractivity contribution is 9.09. The van der Waals surface area contributed by atoms with Gasteiger partial charge in [0.25, 0.3) is 5.91 Å². The van der Waals surface area contributed by atoms with Gasteiger partial charge in [0.2, 0.25) is 0 Å². The molecule has 0 fully saturated rings. The molecule has 2 aromatic rings. The van der Waals surface area contributed by atoms with Crippen molar-refractivity contribution in [2.45, 2.75) is 12.5 Å². The van der Waals surface area contributed by atoms with Crippen LogP contribution < -0.4 is 5.32 Å². The minimum atomic E-state index is -0.183. The monoisotopic (exact) mass is 352 g/mol. The van der Waals surface area contributed by atoms with Crippen molar-refractivity contribution < 1.29 is 4.79 Å². The lowest BCUT2D eigenvalue weighted by atomic mass is 10.1. The summed E-state index contributed by atoms with van der Waals surface area (Å²) in [5, 5.41) is 4.01. The first-order valence-electron chi connectivity index (χ1n) is 6.21. The Morgan fingerprint density at radius 1 is 1.30 bits per heavy atom. The summed E-state index contributed by atoms with van der Waals surface area (Å²) in [5.41, 5.74) is 1.62. The molecule has 0 aliphatic heterocycles. The van der Waals surface area contributed by atoms with E-state index < -0.39 is 0 Å². The smallest absolute Gasteiger partial charge is 0.253 e. The maximum Gasteiger partial charge on any atom is 0.253 e. The summed E-state index contributed by atoms with van der Waals surface area (Å²) >= 11 is 9.40. The van der Waals surface area contributed by atoms with Crippen molar-refractivity contribution in [1.82, 2.24) is 10.3 Å². The second-order valence-corrected chi connectivity index (χ2v) is 5.42. The molecule has 1 amide bonds. The van der Waals surface area contributed by atoms with E-state index in [1.165, 1.54) is 11.8 Å². The lowest BCUT2D eigenvalue weighted by molar-refractivity contribution is 0.0941. The zero-order valence-electron chi connectivity index (χ0n) is 10.7. The molecule has 1 aromatic carbocycles. The molecule has 1 atom stereocenters. The van der Waals surface area contributed by atoms with Crippen LogP contribution in [0.4, 0.5) is 0 Å². The number of hydrogen-bond donors (Lipinski definition) is 1. The molecule has 1 unspecified atom stereocenters. The fourth-order valence-corrected chi connectivity index (χ4v) is 2.46. The van der Waals surface area contributed by atoms with Crippen LogP contribution in [0, 0.1) is 0 Å². The number of nitrogens with zero attached hydrogens (tertiary/aromatic N) is 1. The van der Waals surface area contributed by atoms with Crippen molar-refractivity contribution in [3.8, 4) is 0 Å². The Hall–Kier alpha value is -1.39. The summed E-state index contributed by atoms with van der Waals surface area (Å²) in [5.74, 6) is -0.183. The minimum absolute atomic E-state index is 0.00846. The zero-order valence-corrected chi connectivity index (χ0v) is 13.1. The number of pyridine rings is 1. The molecule has 0 saturated carbocycles. The highest BCUT2D eigenvalue weighted by atomic mass is 79.9. The first-order chi connectivity index (χ1) is 9.70. The molecule has 0 aliphatic rings. The van der Waals surface area contributed by atoms with Crippen molar-refractivity contribution in [3.05, 3.63) is 64.9 Å². The molecule has 0 aliphatic carbocycles. The second kappa shape index (κ2) is 7.41. The maximum absolute atomic E-state index is 12.2. The number of halogens is 2. The normalized spacial score (nSPS) is 11.9. The number of amides is 1. The zero-order chi connectivity index (χ0) is 14.4. The van der Waals surface area contributed by atoms with Gasteiger partial charge >= 0.3 is 0 Å². The molecule has 0 bridgehead atoms. The lowest BCUT2D eigenvalue weighted by Crippen LogP contribution is -2.37. The average Bonchev–Trinajstić information content (AvgIpc) is 2.48. The van der Waals surface area contributed by atoms with E-state index in [1.54, 1.807) is 12.3 Å². The number of hydrogen-bond acceptors (Lipinski definition) is 2. The summed E-state index contributed by atoms with van der Waals surface area (Å²) < 4.78 is 0. The predicted molar refractivity (Wildman–Crippen MR) is 84.4 cm³/mol. The molecule has 0 radical (unpaired) electrons. The number of carbonyl (C=O) groups is 1. The van der Waals surface area contributed by atoms with Crippen molar-refractivity contribution in [1.29, 1.82) is 0 Å². The number of rotatable bonds is 5. The average molecular weight is 354 g/mol. The van der Waals surface area contributed by atoms with Crippen LogP contribution in [0.15, 0.2) is 48.8 Å². The Morgan fingerprint density at radius 3 is 2.70 bits per heavy atom. The Bertz CT molecular complexity index is 577. The summed E-state index contributed by atoms with van der Waals surface area (Å²) in [6.45, 7) is 0. The third-order valence-electron chi connectivity index (χ3n) is 2.86. The summed E-state index contributed by atoms with van der Waals surface area (Å²) in [4.78, 5) is 16.1. The van der Waals surface area contributed by atoms with Gasteiger partial charge in [0.05, 0.1) is 10.6 Å². The van der Waals surface area contributed by atoms with Gasteiger partial charge in [-0.3, -0.25) is 9.78 Å². The standard InChI is InChI=1S/C15H14BrClN2O/c16-9-12(8-11-4-2-1-3-5-11)19-15(20)13-6-7-18-10-14(13)17/h1-7,10,12H,8-9H2,(H,19,20). The van der Waals surface area contributed by atoms with Gasteiger partial charge in [-0.2, -0.15) is 0 Å². The van der Waals surface area contributed by atoms with Gasteiger partial charge in [0, 0.05) is 23.8 Å². The molecule has 2 rings (SSSR count). The van der Waals surface area contributed by atoms with Crippen LogP contribution in [0.3, 0.4) is 0 Å². The Balaban J connectivity index is 2.03. The van der Waals surface area contributed by atoms with Gasteiger partial charge in [-0.25, -0.2) is 0 Å². The number of nitrogens with one attached hydrogen (secondary N) is 1. The quantitative estimate of drug-likeness (QED) is 0.836. The van der Waals surface area contributed by atoms with Crippen molar-refractivity contribution in [2.75, 3.05) is 5.33 Å². The largest absolute Gasteiger partial charge is 0.348 e. The van der Waals surface area contributed by atoms with Crippen LogP contribution in [-0.2, 0) is 6.42 Å². The number of benzene rings is 1. The van der Waals surface area contributed by atoms with E-state index in [2.05, 4.69) is 26.2 Å². The molecular formula is C15H14BrClN2O. The van der Waals surface area contributed by atoms with E-state index in [1.807, 2.05) is 30.3 Å². The van der Waals surface area contributed by atoms with Crippen molar-refractivity contribution in [3.63, 3.8) is 0 Å². The van der Waals surface area contributed by atoms with Crippen LogP contribution in [-0.4, -0.2) is 22.3 Å². The number of aromatic nitrogens is 1. The third kappa shape index (κ3) is 4.05. The van der Waals surface area contributed by atoms with E-state index in [-0.39, 0.29) is 11.9 Å². The van der Waals surface area contributed by atoms with Crippen LogP contribution >= 0.6 is 27.5 Å². The van der Waals surface area contributed by atoms with E-state index in [0.717, 1.165) is 6.42 Å². The second-order valence-electron chi connectivity index (χ2n) is 4.37. The molecule has 1 aromatic heterocycles. The van der Waals surface area contributed by atoms with E-state index in [4.69, 9.17) is 11.6 Å². The molecule has 104 valence electrons. The van der Waals surface area contributed by atoms with Gasteiger partial charge in [-0.15, -0.1) is 0 Å². The van der Waals surface area contributed by atoms with Crippen molar-refractivity contribution >= 4 is 33.4 Å². The fourth-order valence-electron chi connectivity index (χ4n) is 1.87. The molecule has 0 saturated heterocycles. The molecular weight excluding hydrogens is 340 g/mol. The number of alkyl halides is 1. The van der Waals surface area contributed by atoms with Gasteiger partial charge < -0.3 is 5.32 Å². The Labute approximate surface area is 131 Å². The van der Waals surface area contributed by atoms with Gasteiger partial charge in [-0.05, 0) is 18.1 Å². The molecule has 5 heteroatoms. The SMILES string of the molecule is O=C(NC(CBr)Cc1ccccc1)c1ccncc1Cl. The van der Waals surface area contributed by atoms with Gasteiger partial charge in [0.1, 0.15) is 0 Å². The molecule has 3 nitrogen and oxygen atoms in total. The molecule has 1 N–H and O–H groups in total. The number of carbonyl (C=O) groups excluding carboxylic acids is 1. The summed E-state index contributed by atoms with van der Waals surface area (Å²) in [6.07, 6.45) is 3.79. The van der Waals surface area contributed by atoms with Crippen LogP contribution in [0.25, 0.3) is 0 Å². The first-order valence-corrected chi connectivity index (χ1v) is 7.71. The van der Waals surface area contributed by atoms with Crippen LogP contribution in [0.5, 0.6) is 0 Å². The lowest BCUT2D eigenvalue weighted by Gasteiger charge is -2.16. The van der Waals surface area contributed by atoms with Crippen LogP contribution in [0.2, 0.25) is 5.02 Å². The van der Waals surface area contributed by atoms with Gasteiger partial charge in [-0.1, -0.05) is 57.9 Å². The third-order valence-corrected chi connectivity index (χ3v) is 3.95. The first kappa shape index (κ1) is 15.0. The van der Waals surface area contributed by atoms with Crippen molar-refractivity contribution in [2.24, 2.45) is 0 Å². The maximum atomic E-state index is 12.2. The molecule has 20 heavy (non-hydrogen) atoms. The van der Waals surface area contributed by atoms with E-state index in [0.29, 0.717) is 15.9 Å². The van der Waals surface area contributed by atoms with Gasteiger partial charge in [0.15, 0.2) is 0 Å². The Morgan fingerprint density at radius 2 is 2.05 bits per heavy atom. The Kier molecular flexibility index (Phi) is 5.56. The molecule has 1 heterocycles. The summed E-state index contributed by atoms with van der Waals surface area (Å²) in [6, 6.07) is 11.7. The highest BCUT2D eigenvalue weighted by Gasteiger charge is 2.15. The van der Waals surface area contributed by atoms with Crippen LogP contribution in [0.1, 0.15) is 15.9 Å². The van der Waals surface area contributed by atoms with E-state index >= 15 is 0 Å².